The third-order valence-corrected chi connectivity index (χ3v) is 7.32. The maximum atomic E-state index is 12.8. The number of fused-ring (bicyclic) bond motifs is 1. The van der Waals surface area contributed by atoms with Crippen molar-refractivity contribution in [2.24, 2.45) is 12.2 Å². The van der Waals surface area contributed by atoms with Crippen molar-refractivity contribution in [2.75, 3.05) is 11.5 Å². The Balaban J connectivity index is 1.51. The minimum Gasteiger partial charge on any atom is -0.477 e. The van der Waals surface area contributed by atoms with Crippen molar-refractivity contribution >= 4 is 63.1 Å². The number of nitrogens with zero attached hydrogens (tertiary/aromatic N) is 7. The number of hydrogen-bond acceptors (Lipinski definition) is 13. The number of β-lactam (4-membered cyclic amide) rings is 1. The number of aliphatic carboxylic acids is 1. The first-order valence-electron chi connectivity index (χ1n) is 9.22. The van der Waals surface area contributed by atoms with Gasteiger partial charge in [-0.05, 0) is 21.2 Å². The third-order valence-electron chi connectivity index (χ3n) is 4.96. The number of thiazole rings is 1. The summed E-state index contributed by atoms with van der Waals surface area (Å²) in [6.07, 6.45) is 0.0775. The molecule has 1 saturated heterocycles. The molecule has 14 nitrogen and oxygen atoms in total. The van der Waals surface area contributed by atoms with E-state index in [4.69, 9.17) is 18.0 Å². The van der Waals surface area contributed by atoms with Crippen molar-refractivity contribution in [3.63, 3.8) is 0 Å². The molecular weight excluding hydrogens is 494 g/mol. The number of thioether (sulfide) groups is 1. The van der Waals surface area contributed by atoms with E-state index in [2.05, 4.69) is 31.0 Å². The summed E-state index contributed by atoms with van der Waals surface area (Å²) in [5.74, 6) is -2.16. The number of thiocarbonyl (C=S) groups is 1. The van der Waals surface area contributed by atoms with Crippen LogP contribution in [-0.2, 0) is 21.4 Å². The number of anilines is 1. The van der Waals surface area contributed by atoms with Crippen LogP contribution in [0.3, 0.4) is 0 Å². The largest absolute Gasteiger partial charge is 0.477 e. The molecule has 33 heavy (non-hydrogen) atoms. The zero-order chi connectivity index (χ0) is 23.9. The second-order valence-electron chi connectivity index (χ2n) is 7.00. The number of hydrogen-bond donors (Lipinski definition) is 3. The van der Waals surface area contributed by atoms with Crippen LogP contribution in [0.4, 0.5) is 5.13 Å². The number of carbonyl (C=O) groups excluding carboxylic acids is 2. The molecule has 0 bridgehead atoms. The molecule has 0 radical (unpaired) electrons. The topological polar surface area (TPSA) is 199 Å². The lowest BCUT2D eigenvalue weighted by Crippen LogP contribution is -2.70. The number of tetrazole rings is 1. The molecule has 2 aliphatic rings. The fourth-order valence-electron chi connectivity index (χ4n) is 3.45. The Hall–Kier alpha value is -3.31. The summed E-state index contributed by atoms with van der Waals surface area (Å²) in [5, 5.41) is 27.0. The van der Waals surface area contributed by atoms with Crippen molar-refractivity contribution in [2.45, 2.75) is 23.9 Å². The van der Waals surface area contributed by atoms with Gasteiger partial charge in [0.15, 0.2) is 11.0 Å². The summed E-state index contributed by atoms with van der Waals surface area (Å²) >= 11 is 7.67. The first-order valence-corrected chi connectivity index (χ1v) is 11.6. The molecule has 0 aliphatic carbocycles. The summed E-state index contributed by atoms with van der Waals surface area (Å²) in [6, 6.07) is -2.50. The van der Waals surface area contributed by atoms with Gasteiger partial charge in [0.25, 0.3) is 11.8 Å². The highest BCUT2D eigenvalue weighted by atomic mass is 32.2. The lowest BCUT2D eigenvalue weighted by atomic mass is 10.00. The predicted octanol–water partition coefficient (Wildman–Crippen LogP) is -0.397. The van der Waals surface area contributed by atoms with Gasteiger partial charge in [0, 0.05) is 24.6 Å². The number of aromatic nitrogens is 5. The minimum absolute atomic E-state index is 0.0742. The Labute approximate surface area is 198 Å². The Morgan fingerprint density at radius 1 is 1.48 bits per heavy atom. The van der Waals surface area contributed by atoms with E-state index in [0.717, 1.165) is 16.2 Å². The molecule has 0 saturated carbocycles. The maximum Gasteiger partial charge on any atom is 0.352 e. The number of carbonyl (C=O) groups is 3. The van der Waals surface area contributed by atoms with E-state index < -0.39 is 35.2 Å². The fraction of sp³-hybridized carbons (Fsp3) is 0.375. The average Bonchev–Trinajstić information content (AvgIpc) is 3.40. The molecule has 0 aromatic carbocycles. The highest BCUT2D eigenvalue weighted by Gasteiger charge is 2.54. The lowest BCUT2D eigenvalue weighted by Gasteiger charge is -2.49. The van der Waals surface area contributed by atoms with Crippen molar-refractivity contribution in [1.29, 1.82) is 0 Å². The quantitative estimate of drug-likeness (QED) is 0.180. The second-order valence-corrected chi connectivity index (χ2v) is 9.49. The molecule has 4 rings (SSSR count). The van der Waals surface area contributed by atoms with Gasteiger partial charge in [0.05, 0.1) is 10.6 Å². The molecule has 4 heterocycles. The molecule has 1 fully saturated rings. The second kappa shape index (κ2) is 8.91. The molecule has 4 N–H and O–H groups in total. The molecule has 2 aromatic heterocycles. The van der Waals surface area contributed by atoms with Gasteiger partial charge < -0.3 is 16.2 Å². The Morgan fingerprint density at radius 3 is 2.82 bits per heavy atom. The van der Waals surface area contributed by atoms with Crippen LogP contribution < -0.4 is 11.1 Å². The summed E-state index contributed by atoms with van der Waals surface area (Å²) in [4.78, 5) is 53.9. The van der Waals surface area contributed by atoms with Crippen molar-refractivity contribution in [3.8, 4) is 0 Å². The number of nitrogens with two attached hydrogens (primary N) is 1. The van der Waals surface area contributed by atoms with E-state index in [1.165, 1.54) is 21.8 Å². The van der Waals surface area contributed by atoms with Crippen LogP contribution in [0, 0.1) is 4.91 Å². The zero-order valence-corrected chi connectivity index (χ0v) is 19.2. The molecule has 3 unspecified atom stereocenters. The van der Waals surface area contributed by atoms with Gasteiger partial charge in [-0.2, -0.15) is 0 Å². The van der Waals surface area contributed by atoms with Crippen LogP contribution in [-0.4, -0.2) is 75.0 Å². The first-order chi connectivity index (χ1) is 15.7. The summed E-state index contributed by atoms with van der Waals surface area (Å²) in [5.41, 5.74) is 5.85. The lowest BCUT2D eigenvalue weighted by molar-refractivity contribution is -0.150. The van der Waals surface area contributed by atoms with Crippen LogP contribution in [0.25, 0.3) is 0 Å². The van der Waals surface area contributed by atoms with Gasteiger partial charge >= 0.3 is 5.97 Å². The number of nitroso groups, excluding NO2 is 1. The van der Waals surface area contributed by atoms with E-state index in [1.54, 1.807) is 7.05 Å². The van der Waals surface area contributed by atoms with Gasteiger partial charge in [-0.1, -0.05) is 12.2 Å². The predicted molar refractivity (Wildman–Crippen MR) is 120 cm³/mol. The summed E-state index contributed by atoms with van der Waals surface area (Å²) < 4.78 is 1.37. The maximum absolute atomic E-state index is 12.8. The standard InChI is InChI=1S/C16H15N9O5S3/c1-24-11(20-22-23-24)7(31)2-5-3-32-14-9(13(27)25(14)10(5)15(28)29)19-12(26)8(21-30)6-4-33-16(17)18-6/h4,8-9,14H,2-3H2,1H3,(H2,17,18)(H,19,26)(H,28,29). The van der Waals surface area contributed by atoms with Gasteiger partial charge in [-0.25, -0.2) is 14.5 Å². The number of carboxylic acids is 1. The van der Waals surface area contributed by atoms with Gasteiger partial charge in [-0.15, -0.1) is 33.1 Å². The number of aryl methyl sites for hydroxylation is 1. The van der Waals surface area contributed by atoms with Crippen LogP contribution in [0.5, 0.6) is 0 Å². The fourth-order valence-corrected chi connectivity index (χ4v) is 5.73. The van der Waals surface area contributed by atoms with Crippen LogP contribution in [0.1, 0.15) is 24.0 Å². The van der Waals surface area contributed by atoms with E-state index >= 15 is 0 Å². The van der Waals surface area contributed by atoms with Crippen LogP contribution >= 0.6 is 35.3 Å². The Bertz CT molecular complexity index is 1210. The molecule has 172 valence electrons. The molecule has 2 amide bonds. The number of carboxylic acid groups (broad SMARTS) is 1. The third kappa shape index (κ3) is 4.09. The van der Waals surface area contributed by atoms with Crippen molar-refractivity contribution in [3.05, 3.63) is 33.1 Å². The van der Waals surface area contributed by atoms with E-state index in [0.29, 0.717) is 16.3 Å². The van der Waals surface area contributed by atoms with Gasteiger partial charge in [0.2, 0.25) is 6.04 Å². The van der Waals surface area contributed by atoms with E-state index in [1.807, 2.05) is 0 Å². The molecule has 2 aromatic rings. The highest BCUT2D eigenvalue weighted by Crippen LogP contribution is 2.41. The normalized spacial score (nSPS) is 20.6. The molecule has 2 aliphatic heterocycles. The van der Waals surface area contributed by atoms with Gasteiger partial charge in [0.1, 0.15) is 17.1 Å². The molecule has 0 spiro atoms. The number of rotatable bonds is 8. The number of nitrogens with one attached hydrogen (secondary N) is 1. The first kappa shape index (κ1) is 22.9. The van der Waals surface area contributed by atoms with Crippen molar-refractivity contribution < 1.29 is 19.5 Å². The van der Waals surface area contributed by atoms with Crippen LogP contribution in [0.15, 0.2) is 21.8 Å². The Kier molecular flexibility index (Phi) is 6.17. The summed E-state index contributed by atoms with van der Waals surface area (Å²) in [6.45, 7) is 0. The number of nitrogen functional groups attached to an aromatic ring is 1. The van der Waals surface area contributed by atoms with E-state index in [9.17, 15) is 24.4 Å². The average molecular weight is 510 g/mol. The SMILES string of the molecule is Cn1nnnc1C(=S)CC1=C(C(=O)O)N2C(=O)C(NC(=O)C(N=O)c3csc(N)n3)C2SC1. The molecule has 17 heteroatoms. The number of amides is 2. The van der Waals surface area contributed by atoms with Crippen molar-refractivity contribution in [1.82, 2.24) is 35.4 Å². The Morgan fingerprint density at radius 2 is 2.24 bits per heavy atom. The summed E-state index contributed by atoms with van der Waals surface area (Å²) in [7, 11) is 1.60. The van der Waals surface area contributed by atoms with Crippen LogP contribution in [0.2, 0.25) is 0 Å². The molecular formula is C16H15N9O5S3. The highest BCUT2D eigenvalue weighted by molar-refractivity contribution is 8.00. The molecule has 3 atom stereocenters. The smallest absolute Gasteiger partial charge is 0.352 e. The monoisotopic (exact) mass is 509 g/mol. The zero-order valence-electron chi connectivity index (χ0n) is 16.7. The van der Waals surface area contributed by atoms with E-state index in [-0.39, 0.29) is 28.7 Å². The minimum atomic E-state index is -1.48. The van der Waals surface area contributed by atoms with Gasteiger partial charge in [-0.3, -0.25) is 14.5 Å².